The molecule has 67 heavy (non-hydrogen) atoms. The van der Waals surface area contributed by atoms with Crippen LogP contribution in [-0.4, -0.2) is 113 Å². The molecule has 24 heteroatoms. The molecule has 3 aromatic rings. The maximum atomic E-state index is 14.2. The average Bonchev–Trinajstić information content (AvgIpc) is 3.27. The fourth-order valence-corrected chi connectivity index (χ4v) is 6.31. The molecule has 7 nitrogen and oxygen atoms in total. The molecule has 0 saturated heterocycles. The summed E-state index contributed by atoms with van der Waals surface area (Å²) in [5, 5.41) is 37.3. The summed E-state index contributed by atoms with van der Waals surface area (Å²) in [5.74, 6) is -54.9. The Bertz CT molecular complexity index is 1890. The molecule has 0 aliphatic heterocycles. The van der Waals surface area contributed by atoms with Crippen LogP contribution in [0.4, 0.5) is 74.6 Å². The van der Waals surface area contributed by atoms with Crippen LogP contribution in [0.3, 0.4) is 0 Å². The first-order valence-electron chi connectivity index (χ1n) is 20.5. The first-order chi connectivity index (χ1) is 30.9. The summed E-state index contributed by atoms with van der Waals surface area (Å²) < 4.78 is 247. The van der Waals surface area contributed by atoms with Crippen molar-refractivity contribution in [3.05, 3.63) is 66.7 Å². The van der Waals surface area contributed by atoms with Crippen LogP contribution in [-0.2, 0) is 0 Å². The van der Waals surface area contributed by atoms with E-state index in [0.717, 1.165) is 11.1 Å². The van der Waals surface area contributed by atoms with Gasteiger partial charge in [-0.3, -0.25) is 0 Å². The van der Waals surface area contributed by atoms with Crippen molar-refractivity contribution in [2.75, 3.05) is 33.0 Å². The predicted molar refractivity (Wildman–Crippen MR) is 207 cm³/mol. The largest absolute Gasteiger partial charge is 0.492 e. The van der Waals surface area contributed by atoms with Gasteiger partial charge in [-0.1, -0.05) is 87.4 Å². The van der Waals surface area contributed by atoms with Gasteiger partial charge in [-0.2, -0.15) is 74.6 Å². The minimum absolute atomic E-state index is 0.0247. The lowest BCUT2D eigenvalue weighted by atomic mass is 9.87. The number of rotatable bonds is 29. The van der Waals surface area contributed by atoms with Crippen LogP contribution in [0.1, 0.15) is 64.2 Å². The van der Waals surface area contributed by atoms with Crippen LogP contribution in [0, 0.1) is 0 Å². The number of hydrogen-bond acceptors (Lipinski definition) is 7. The molecule has 0 spiro atoms. The molecule has 0 radical (unpaired) electrons. The first-order valence-corrected chi connectivity index (χ1v) is 20.5. The number of alkyl halides is 17. The number of para-hydroxylation sites is 1. The first kappa shape index (κ1) is 57.0. The van der Waals surface area contributed by atoms with E-state index in [1.807, 2.05) is 12.1 Å². The summed E-state index contributed by atoms with van der Waals surface area (Å²) in [6.45, 7) is -1.04. The molecular weight excluding hydrogens is 951 g/mol. The lowest BCUT2D eigenvalue weighted by Gasteiger charge is -2.42. The third kappa shape index (κ3) is 12.9. The van der Waals surface area contributed by atoms with Gasteiger partial charge in [0.15, 0.2) is 0 Å². The summed E-state index contributed by atoms with van der Waals surface area (Å²) in [6.07, 6.45) is -11.0. The van der Waals surface area contributed by atoms with E-state index in [9.17, 15) is 84.9 Å². The van der Waals surface area contributed by atoms with Gasteiger partial charge >= 0.3 is 47.6 Å². The molecule has 3 aromatic carbocycles. The molecule has 3 rings (SSSR count). The van der Waals surface area contributed by atoms with Gasteiger partial charge in [-0.15, -0.1) is 0 Å². The summed E-state index contributed by atoms with van der Waals surface area (Å²) in [4.78, 5) is 0. The number of aliphatic hydroxyl groups is 4. The quantitative estimate of drug-likeness (QED) is 0.0405. The van der Waals surface area contributed by atoms with Crippen LogP contribution in [0.5, 0.6) is 17.2 Å². The smallest absolute Gasteiger partial charge is 0.460 e. The second-order valence-electron chi connectivity index (χ2n) is 15.5. The highest BCUT2D eigenvalue weighted by atomic mass is 19.4. The second-order valence-corrected chi connectivity index (χ2v) is 15.5. The molecule has 0 aliphatic carbocycles. The van der Waals surface area contributed by atoms with Gasteiger partial charge in [0.25, 0.3) is 0 Å². The summed E-state index contributed by atoms with van der Waals surface area (Å²) in [5.41, 5.74) is 2.84. The molecule has 0 heterocycles. The molecule has 4 N–H and O–H groups in total. The highest BCUT2D eigenvalue weighted by Crippen LogP contribution is 2.64. The Morgan fingerprint density at radius 3 is 1.12 bits per heavy atom. The van der Waals surface area contributed by atoms with Crippen LogP contribution in [0.25, 0.3) is 22.3 Å². The van der Waals surface area contributed by atoms with E-state index in [-0.39, 0.29) is 32.7 Å². The molecule has 0 aliphatic rings. The van der Waals surface area contributed by atoms with Gasteiger partial charge in [0, 0.05) is 17.5 Å². The number of hydrogen-bond donors (Lipinski definition) is 4. The lowest BCUT2D eigenvalue weighted by molar-refractivity contribution is -0.461. The maximum Gasteiger partial charge on any atom is 0.460 e. The number of ether oxygens (including phenoxy) is 3. The Morgan fingerprint density at radius 1 is 0.403 bits per heavy atom. The van der Waals surface area contributed by atoms with E-state index in [4.69, 9.17) is 24.4 Å². The Hall–Kier alpha value is -4.29. The number of unbranched alkanes of at least 4 members (excludes halogenated alkanes) is 8. The molecule has 0 saturated carbocycles. The van der Waals surface area contributed by atoms with Gasteiger partial charge in [-0.25, -0.2) is 0 Å². The fraction of sp³-hybridized carbons (Fsp3) is 0.581. The van der Waals surface area contributed by atoms with E-state index < -0.39 is 92.3 Å². The Kier molecular flexibility index (Phi) is 19.5. The molecule has 0 aromatic heterocycles. The Labute approximate surface area is 372 Å². The topological polar surface area (TPSA) is 109 Å². The van der Waals surface area contributed by atoms with Crippen molar-refractivity contribution in [3.63, 3.8) is 0 Å². The van der Waals surface area contributed by atoms with Crippen molar-refractivity contribution in [1.29, 1.82) is 0 Å². The zero-order chi connectivity index (χ0) is 50.7. The third-order valence-electron chi connectivity index (χ3n) is 10.3. The highest BCUT2D eigenvalue weighted by Gasteiger charge is 2.95. The summed E-state index contributed by atoms with van der Waals surface area (Å²) in [6, 6.07) is 19.1. The third-order valence-corrected chi connectivity index (χ3v) is 10.3. The van der Waals surface area contributed by atoms with E-state index in [1.165, 1.54) is 0 Å². The van der Waals surface area contributed by atoms with Gasteiger partial charge < -0.3 is 34.6 Å². The molecule has 0 bridgehead atoms. The van der Waals surface area contributed by atoms with Gasteiger partial charge in [-0.05, 0) is 48.2 Å². The maximum absolute atomic E-state index is 14.2. The zero-order valence-electron chi connectivity index (χ0n) is 35.1. The molecule has 0 fully saturated rings. The Morgan fingerprint density at radius 2 is 0.746 bits per heavy atom. The molecular formula is C43H47F17O7. The normalized spacial score (nSPS) is 14.5. The van der Waals surface area contributed by atoms with Gasteiger partial charge in [0.1, 0.15) is 42.7 Å². The molecule has 2 unspecified atom stereocenters. The SMILES string of the molecule is OCC(O)COc1ccc(-c2cccc(-c3ccc(OCC(O)CO)cc3)c2OCCCCCCCCCCCC(F)(F)C(F)(F)C(F)(F)C(F)(F)C(F)(F)C(F)(F)C(F)(F)C(F)(F)F)cc1. The van der Waals surface area contributed by atoms with Crippen LogP contribution in [0.2, 0.25) is 0 Å². The van der Waals surface area contributed by atoms with Crippen molar-refractivity contribution in [2.45, 2.75) is 124 Å². The summed E-state index contributed by atoms with van der Waals surface area (Å²) in [7, 11) is 0. The van der Waals surface area contributed by atoms with Crippen molar-refractivity contribution in [2.24, 2.45) is 0 Å². The number of halogens is 17. The minimum Gasteiger partial charge on any atom is -0.492 e. The highest BCUT2D eigenvalue weighted by molar-refractivity contribution is 5.82. The zero-order valence-corrected chi connectivity index (χ0v) is 35.1. The summed E-state index contributed by atoms with van der Waals surface area (Å²) >= 11 is 0. The number of benzene rings is 3. The monoisotopic (exact) mass is 998 g/mol. The van der Waals surface area contributed by atoms with E-state index in [0.29, 0.717) is 60.5 Å². The standard InChI is InChI=1S/C43H47F17O7/c44-36(45,37(46,47)38(48,49)39(50,51)40(52,53)41(54,55)42(56,57)43(58,59)60)21-8-6-4-2-1-3-5-7-9-22-65-35-33(27-13-17-31(18-14-27)66-25-29(63)23-61)11-10-12-34(35)28-15-19-32(20-16-28)67-26-30(64)24-62/h10-20,29-30,61-64H,1-9,21-26H2. The van der Waals surface area contributed by atoms with Crippen LogP contribution < -0.4 is 14.2 Å². The molecule has 0 amide bonds. The van der Waals surface area contributed by atoms with E-state index in [2.05, 4.69) is 0 Å². The lowest BCUT2D eigenvalue weighted by Crippen LogP contribution is -2.74. The fourth-order valence-electron chi connectivity index (χ4n) is 6.31. The Balaban J connectivity index is 1.55. The van der Waals surface area contributed by atoms with E-state index >= 15 is 0 Å². The molecule has 380 valence electrons. The van der Waals surface area contributed by atoms with Crippen LogP contribution in [0.15, 0.2) is 66.7 Å². The van der Waals surface area contributed by atoms with Crippen molar-refractivity contribution >= 4 is 0 Å². The van der Waals surface area contributed by atoms with Crippen molar-refractivity contribution < 1.29 is 109 Å². The molecule has 2 atom stereocenters. The average molecular weight is 999 g/mol. The van der Waals surface area contributed by atoms with Crippen molar-refractivity contribution in [1.82, 2.24) is 0 Å². The van der Waals surface area contributed by atoms with E-state index in [1.54, 1.807) is 54.6 Å². The second kappa shape index (κ2) is 22.9. The predicted octanol–water partition coefficient (Wildman–Crippen LogP) is 11.8. The minimum atomic E-state index is -8.64. The van der Waals surface area contributed by atoms with Crippen LogP contribution >= 0.6 is 0 Å². The number of aliphatic hydroxyl groups excluding tert-OH is 4. The van der Waals surface area contributed by atoms with Gasteiger partial charge in [0.05, 0.1) is 19.8 Å². The van der Waals surface area contributed by atoms with Crippen molar-refractivity contribution in [3.8, 4) is 39.5 Å². The van der Waals surface area contributed by atoms with Gasteiger partial charge in [0.2, 0.25) is 0 Å².